The van der Waals surface area contributed by atoms with Crippen LogP contribution in [0.1, 0.15) is 44.7 Å². The molecule has 10 nitrogen and oxygen atoms in total. The van der Waals surface area contributed by atoms with Gasteiger partial charge in [0.25, 0.3) is 0 Å². The molecule has 0 spiro atoms. The zero-order chi connectivity index (χ0) is 29.4. The molecule has 40 heavy (non-hydrogen) atoms. The summed E-state index contributed by atoms with van der Waals surface area (Å²) < 4.78 is 17.4. The fourth-order valence-electron chi connectivity index (χ4n) is 5.85. The van der Waals surface area contributed by atoms with Crippen molar-refractivity contribution in [2.75, 3.05) is 25.7 Å². The molecule has 1 aromatic rings. The number of aliphatic hydroxyl groups excluding tert-OH is 2. The van der Waals surface area contributed by atoms with Crippen molar-refractivity contribution in [1.29, 1.82) is 0 Å². The third kappa shape index (κ3) is 5.93. The first-order valence-corrected chi connectivity index (χ1v) is 13.8. The Kier molecular flexibility index (Phi) is 8.99. The quantitative estimate of drug-likeness (QED) is 0.401. The highest BCUT2D eigenvalue weighted by Gasteiger charge is 2.63. The summed E-state index contributed by atoms with van der Waals surface area (Å²) >= 11 is 6.60. The third-order valence-electron chi connectivity index (χ3n) is 8.44. The number of aliphatic hydroxyl groups is 3. The minimum Gasteiger partial charge on any atom is -0.446 e. The Bertz CT molecular complexity index is 1200. The molecular formula is C29H39ClN2O8. The van der Waals surface area contributed by atoms with Crippen LogP contribution in [0.15, 0.2) is 35.9 Å². The summed E-state index contributed by atoms with van der Waals surface area (Å²) in [5, 5.41) is 34.3. The number of hydrogen-bond acceptors (Lipinski definition) is 8. The number of carbonyl (C=O) groups is 2. The molecule has 4 rings (SSSR count). The van der Waals surface area contributed by atoms with Gasteiger partial charge < -0.3 is 34.4 Å². The molecule has 0 aliphatic carbocycles. The largest absolute Gasteiger partial charge is 0.446 e. The van der Waals surface area contributed by atoms with Crippen LogP contribution in [0.3, 0.4) is 0 Å². The molecule has 0 aromatic heterocycles. The Balaban J connectivity index is 1.76. The molecule has 11 heteroatoms. The van der Waals surface area contributed by atoms with Crippen LogP contribution in [0, 0.1) is 11.8 Å². The van der Waals surface area contributed by atoms with Crippen molar-refractivity contribution in [1.82, 2.24) is 5.32 Å². The highest BCUT2D eigenvalue weighted by atomic mass is 35.5. The first-order valence-electron chi connectivity index (χ1n) is 13.4. The molecule has 4 bridgehead atoms. The summed E-state index contributed by atoms with van der Waals surface area (Å²) in [6.07, 6.45) is 3.22. The minimum absolute atomic E-state index is 0.00683. The summed E-state index contributed by atoms with van der Waals surface area (Å²) in [7, 11) is 3.14. The van der Waals surface area contributed by atoms with Crippen LogP contribution in [-0.2, 0) is 32.0 Å². The normalized spacial score (nSPS) is 37.1. The highest BCUT2D eigenvalue weighted by molar-refractivity contribution is 6.34. The van der Waals surface area contributed by atoms with Crippen LogP contribution in [0.4, 0.5) is 10.5 Å². The van der Waals surface area contributed by atoms with Gasteiger partial charge in [0.15, 0.2) is 5.72 Å². The lowest BCUT2D eigenvalue weighted by atomic mass is 9.81. The van der Waals surface area contributed by atoms with Crippen LogP contribution in [-0.4, -0.2) is 77.7 Å². The van der Waals surface area contributed by atoms with Crippen LogP contribution in [0.2, 0.25) is 5.02 Å². The van der Waals surface area contributed by atoms with Gasteiger partial charge in [-0.15, -0.1) is 0 Å². The van der Waals surface area contributed by atoms with Gasteiger partial charge in [-0.05, 0) is 37.5 Å². The number of alkyl carbamates (subject to hydrolysis) is 1. The molecule has 0 saturated carbocycles. The fourth-order valence-corrected chi connectivity index (χ4v) is 6.15. The second-order valence-electron chi connectivity index (χ2n) is 11.3. The number of nitrogens with zero attached hydrogens (tertiary/aromatic N) is 1. The maximum Gasteiger partial charge on any atom is 0.409 e. The number of methoxy groups -OCH3 is 1. The van der Waals surface area contributed by atoms with E-state index >= 15 is 0 Å². The second-order valence-corrected chi connectivity index (χ2v) is 11.6. The lowest BCUT2D eigenvalue weighted by Crippen LogP contribution is -2.62. The Morgan fingerprint density at radius 3 is 2.65 bits per heavy atom. The topological polar surface area (TPSA) is 141 Å². The summed E-state index contributed by atoms with van der Waals surface area (Å²) in [5.41, 5.74) is 0.178. The minimum atomic E-state index is -1.74. The van der Waals surface area contributed by atoms with E-state index in [1.807, 2.05) is 32.9 Å². The average molecular weight is 579 g/mol. The number of rotatable bonds is 3. The summed E-state index contributed by atoms with van der Waals surface area (Å²) in [6.45, 7) is 4.93. The molecule has 0 radical (unpaired) electrons. The smallest absolute Gasteiger partial charge is 0.409 e. The predicted octanol–water partition coefficient (Wildman–Crippen LogP) is 2.85. The maximum absolute atomic E-state index is 13.5. The van der Waals surface area contributed by atoms with Gasteiger partial charge in [0.05, 0.1) is 42.6 Å². The lowest BCUT2D eigenvalue weighted by Gasteiger charge is -2.42. The van der Waals surface area contributed by atoms with Crippen molar-refractivity contribution in [3.8, 4) is 0 Å². The molecule has 4 N–H and O–H groups in total. The molecule has 3 aliphatic heterocycles. The molecule has 3 heterocycles. The summed E-state index contributed by atoms with van der Waals surface area (Å²) in [6, 6.07) is 3.62. The lowest BCUT2D eigenvalue weighted by molar-refractivity contribution is -0.121. The van der Waals surface area contributed by atoms with Crippen molar-refractivity contribution < 1.29 is 39.1 Å². The van der Waals surface area contributed by atoms with Crippen molar-refractivity contribution in [3.63, 3.8) is 0 Å². The number of halogens is 1. The Labute approximate surface area is 239 Å². The van der Waals surface area contributed by atoms with Gasteiger partial charge in [0.1, 0.15) is 11.7 Å². The molecule has 7 atom stereocenters. The fraction of sp³-hybridized carbons (Fsp3) is 0.586. The number of ether oxygens (including phenoxy) is 3. The number of nitrogens with one attached hydrogen (secondary N) is 1. The Morgan fingerprint density at radius 2 is 2.00 bits per heavy atom. The van der Waals surface area contributed by atoms with Crippen molar-refractivity contribution in [2.45, 2.75) is 76.3 Å². The number of benzene rings is 1. The molecule has 2 fully saturated rings. The number of carbonyl (C=O) groups excluding carboxylic acids is 2. The molecular weight excluding hydrogens is 540 g/mol. The maximum atomic E-state index is 13.5. The van der Waals surface area contributed by atoms with E-state index < -0.39 is 48.3 Å². The first kappa shape index (κ1) is 30.5. The van der Waals surface area contributed by atoms with Crippen molar-refractivity contribution >= 4 is 29.3 Å². The molecule has 3 aliphatic rings. The molecule has 1 aromatic carbocycles. The monoisotopic (exact) mass is 578 g/mol. The number of hydrogen-bond donors (Lipinski definition) is 4. The second kappa shape index (κ2) is 11.8. The Hall–Kier alpha value is -2.47. The number of anilines is 1. The first-order chi connectivity index (χ1) is 18.9. The van der Waals surface area contributed by atoms with E-state index in [9.17, 15) is 24.9 Å². The number of epoxide rings is 1. The zero-order valence-electron chi connectivity index (χ0n) is 23.5. The van der Waals surface area contributed by atoms with Crippen LogP contribution in [0.25, 0.3) is 0 Å². The molecule has 2 amide bonds. The summed E-state index contributed by atoms with van der Waals surface area (Å²) in [5.74, 6) is -1.40. The van der Waals surface area contributed by atoms with E-state index in [1.165, 1.54) is 12.0 Å². The standard InChI is InChI=1S/C29H39ClN2O8/c1-16-7-6-8-20(15-34)29(37)13-22(39-27(36)31-29)17(2)26-28(3,40-26)23(38-5)12-24(35)32(4)21-11-18(9-16)10-19(14-33)25(21)30/h6-8,10-11,17,20,22-23,26,33-34,37H,9,12-15H2,1-5H3,(H,31,36)/b8-6+,16-7+/t17-,20+,22+,23+,26+,28+,29+/m1/s1. The molecule has 2 saturated heterocycles. The van der Waals surface area contributed by atoms with Gasteiger partial charge in [-0.25, -0.2) is 4.79 Å². The van der Waals surface area contributed by atoms with Gasteiger partial charge in [-0.1, -0.05) is 48.4 Å². The van der Waals surface area contributed by atoms with E-state index in [0.29, 0.717) is 22.7 Å². The van der Waals surface area contributed by atoms with E-state index in [2.05, 4.69) is 5.32 Å². The van der Waals surface area contributed by atoms with Gasteiger partial charge in [-0.3, -0.25) is 10.1 Å². The molecule has 0 unspecified atom stereocenters. The average Bonchev–Trinajstić information content (AvgIpc) is 3.60. The number of amides is 2. The highest BCUT2D eigenvalue weighted by Crippen LogP contribution is 2.49. The van der Waals surface area contributed by atoms with Gasteiger partial charge in [0.2, 0.25) is 5.91 Å². The van der Waals surface area contributed by atoms with Gasteiger partial charge in [0, 0.05) is 32.4 Å². The van der Waals surface area contributed by atoms with E-state index in [1.54, 1.807) is 25.3 Å². The van der Waals surface area contributed by atoms with Gasteiger partial charge in [-0.2, -0.15) is 0 Å². The van der Waals surface area contributed by atoms with Crippen LogP contribution >= 0.6 is 11.6 Å². The summed E-state index contributed by atoms with van der Waals surface area (Å²) in [4.78, 5) is 27.5. The van der Waals surface area contributed by atoms with E-state index in [4.69, 9.17) is 25.8 Å². The van der Waals surface area contributed by atoms with Crippen LogP contribution in [0.5, 0.6) is 0 Å². The Morgan fingerprint density at radius 1 is 1.27 bits per heavy atom. The van der Waals surface area contributed by atoms with Crippen molar-refractivity contribution in [3.05, 3.63) is 52.1 Å². The van der Waals surface area contributed by atoms with E-state index in [0.717, 1.165) is 11.1 Å². The molecule has 220 valence electrons. The zero-order valence-corrected chi connectivity index (χ0v) is 24.3. The third-order valence-corrected chi connectivity index (χ3v) is 8.87. The van der Waals surface area contributed by atoms with Gasteiger partial charge >= 0.3 is 6.09 Å². The SMILES string of the molecule is CO[C@H]1CC(=O)N(C)c2cc(cc(CO)c2Cl)C/C(C)=C/C=C/[C@@H](CO)[C@@]2(O)C[C@H](OC(=O)N2)[C@@H](C)[C@@H]2O[C@@]12C. The van der Waals surface area contributed by atoms with Crippen molar-refractivity contribution in [2.24, 2.45) is 11.8 Å². The predicted molar refractivity (Wildman–Crippen MR) is 149 cm³/mol. The number of allylic oxidation sites excluding steroid dienone is 3. The number of fused-ring (bicyclic) bond motifs is 5. The van der Waals surface area contributed by atoms with E-state index in [-0.39, 0.29) is 31.3 Å². The van der Waals surface area contributed by atoms with Crippen LogP contribution < -0.4 is 10.2 Å².